The van der Waals surface area contributed by atoms with Crippen LogP contribution in [0.5, 0.6) is 0 Å². The zero-order valence-electron chi connectivity index (χ0n) is 13.0. The number of aliphatic carboxylic acids is 1. The van der Waals surface area contributed by atoms with E-state index in [1.807, 2.05) is 42.5 Å². The van der Waals surface area contributed by atoms with Crippen LogP contribution < -0.4 is 5.19 Å². The maximum Gasteiger partial charge on any atom is 0.342 e. The van der Waals surface area contributed by atoms with Gasteiger partial charge in [-0.05, 0) is 23.8 Å². The average molecular weight is 329 g/mol. The van der Waals surface area contributed by atoms with E-state index in [1.165, 1.54) is 16.9 Å². The minimum Gasteiger partial charge on any atom is -0.477 e. The fraction of sp³-hybridized carbons (Fsp3) is 0.167. The molecule has 2 nitrogen and oxygen atoms in total. The second kappa shape index (κ2) is 6.98. The van der Waals surface area contributed by atoms with Gasteiger partial charge in [0.1, 0.15) is 0 Å². The molecule has 0 bridgehead atoms. The van der Waals surface area contributed by atoms with Crippen molar-refractivity contribution in [3.63, 3.8) is 0 Å². The second-order valence-corrected chi connectivity index (χ2v) is 12.3. The van der Waals surface area contributed by atoms with Gasteiger partial charge in [-0.2, -0.15) is 0 Å². The summed E-state index contributed by atoms with van der Waals surface area (Å²) in [5.74, 6) is -0.900. The minimum atomic E-state index is -1.32. The fourth-order valence-electron chi connectivity index (χ4n) is 1.99. The fourth-order valence-corrected chi connectivity index (χ4v) is 3.96. The van der Waals surface area contributed by atoms with Crippen LogP contribution in [0.3, 0.4) is 0 Å². The Labute approximate surface area is 136 Å². The molecule has 22 heavy (non-hydrogen) atoms. The number of carboxylic acids is 1. The first kappa shape index (κ1) is 16.6. The molecule has 0 heterocycles. The van der Waals surface area contributed by atoms with E-state index in [0.717, 1.165) is 10.5 Å². The molecule has 0 aliphatic carbocycles. The standard InChI is InChI=1S/C18H20O2SSi/c1-22(2,3)16-11-9-15(10-12-16)21-17(18(19)20)13-14-7-5-4-6-8-14/h4-13H,1-3H3,(H,19,20)/b17-13-. The van der Waals surface area contributed by atoms with Crippen LogP contribution >= 0.6 is 11.8 Å². The summed E-state index contributed by atoms with van der Waals surface area (Å²) < 4.78 is 0. The zero-order valence-corrected chi connectivity index (χ0v) is 14.9. The summed E-state index contributed by atoms with van der Waals surface area (Å²) in [7, 11) is -1.32. The van der Waals surface area contributed by atoms with Crippen molar-refractivity contribution < 1.29 is 9.90 Å². The molecule has 0 aliphatic heterocycles. The molecule has 114 valence electrons. The van der Waals surface area contributed by atoms with Gasteiger partial charge in [0.05, 0.1) is 13.0 Å². The molecule has 1 N–H and O–H groups in total. The van der Waals surface area contributed by atoms with Crippen molar-refractivity contribution in [1.29, 1.82) is 0 Å². The third-order valence-corrected chi connectivity index (χ3v) is 6.34. The lowest BCUT2D eigenvalue weighted by Gasteiger charge is -2.16. The van der Waals surface area contributed by atoms with Gasteiger partial charge in [-0.15, -0.1) is 0 Å². The summed E-state index contributed by atoms with van der Waals surface area (Å²) in [5, 5.41) is 10.8. The minimum absolute atomic E-state index is 0.326. The highest BCUT2D eigenvalue weighted by Crippen LogP contribution is 2.28. The van der Waals surface area contributed by atoms with Crippen LogP contribution in [0.25, 0.3) is 6.08 Å². The second-order valence-electron chi connectivity index (χ2n) is 6.10. The van der Waals surface area contributed by atoms with E-state index in [2.05, 4.69) is 31.8 Å². The van der Waals surface area contributed by atoms with Crippen molar-refractivity contribution in [2.75, 3.05) is 0 Å². The Hall–Kier alpha value is -1.78. The van der Waals surface area contributed by atoms with Gasteiger partial charge < -0.3 is 5.11 Å². The van der Waals surface area contributed by atoms with Crippen molar-refractivity contribution in [3.8, 4) is 0 Å². The topological polar surface area (TPSA) is 37.3 Å². The van der Waals surface area contributed by atoms with Gasteiger partial charge in [-0.3, -0.25) is 0 Å². The van der Waals surface area contributed by atoms with Gasteiger partial charge in [0, 0.05) is 4.90 Å². The first-order chi connectivity index (χ1) is 10.4. The van der Waals surface area contributed by atoms with Crippen LogP contribution in [-0.4, -0.2) is 19.1 Å². The summed E-state index contributed by atoms with van der Waals surface area (Å²) in [6.07, 6.45) is 1.71. The SMILES string of the molecule is C[Si](C)(C)c1ccc(S/C(=C\c2ccccc2)C(=O)O)cc1. The Balaban J connectivity index is 2.22. The third-order valence-electron chi connectivity index (χ3n) is 3.26. The van der Waals surface area contributed by atoms with E-state index in [1.54, 1.807) is 6.08 Å². The molecule has 0 radical (unpaired) electrons. The zero-order chi connectivity index (χ0) is 16.2. The maximum atomic E-state index is 11.5. The molecule has 2 aromatic carbocycles. The lowest BCUT2D eigenvalue weighted by Crippen LogP contribution is -2.37. The molecule has 0 spiro atoms. The van der Waals surface area contributed by atoms with Crippen LogP contribution in [0.2, 0.25) is 19.6 Å². The largest absolute Gasteiger partial charge is 0.477 e. The monoisotopic (exact) mass is 328 g/mol. The Bertz CT molecular complexity index is 670. The quantitative estimate of drug-likeness (QED) is 0.500. The molecule has 0 fully saturated rings. The molecule has 4 heteroatoms. The van der Waals surface area contributed by atoms with Gasteiger partial charge in [-0.1, -0.05) is 79.1 Å². The number of benzene rings is 2. The molecule has 0 saturated carbocycles. The Morgan fingerprint density at radius 1 is 1.00 bits per heavy atom. The normalized spacial score (nSPS) is 12.2. The molecule has 0 unspecified atom stereocenters. The van der Waals surface area contributed by atoms with Gasteiger partial charge >= 0.3 is 5.97 Å². The highest BCUT2D eigenvalue weighted by Gasteiger charge is 2.16. The van der Waals surface area contributed by atoms with Crippen LogP contribution in [0.15, 0.2) is 64.4 Å². The van der Waals surface area contributed by atoms with E-state index >= 15 is 0 Å². The average Bonchev–Trinajstić information content (AvgIpc) is 2.47. The maximum absolute atomic E-state index is 11.5. The Kier molecular flexibility index (Phi) is 5.27. The first-order valence-corrected chi connectivity index (χ1v) is 11.5. The molecule has 0 aromatic heterocycles. The van der Waals surface area contributed by atoms with E-state index in [9.17, 15) is 9.90 Å². The summed E-state index contributed by atoms with van der Waals surface area (Å²) in [5.41, 5.74) is 0.895. The van der Waals surface area contributed by atoms with E-state index < -0.39 is 14.0 Å². The molecule has 0 saturated heterocycles. The van der Waals surface area contributed by atoms with Crippen molar-refractivity contribution in [2.24, 2.45) is 0 Å². The van der Waals surface area contributed by atoms with Crippen molar-refractivity contribution >= 4 is 37.1 Å². The first-order valence-electron chi connectivity index (χ1n) is 7.15. The summed E-state index contributed by atoms with van der Waals surface area (Å²) in [6.45, 7) is 6.90. The third kappa shape index (κ3) is 4.61. The van der Waals surface area contributed by atoms with Crippen molar-refractivity contribution in [1.82, 2.24) is 0 Å². The van der Waals surface area contributed by atoms with E-state index in [-0.39, 0.29) is 0 Å². The number of carboxylic acid groups (broad SMARTS) is 1. The van der Waals surface area contributed by atoms with Gasteiger partial charge in [0.15, 0.2) is 0 Å². The predicted molar refractivity (Wildman–Crippen MR) is 97.3 cm³/mol. The molecule has 2 rings (SSSR count). The van der Waals surface area contributed by atoms with E-state index in [4.69, 9.17) is 0 Å². The smallest absolute Gasteiger partial charge is 0.342 e. The van der Waals surface area contributed by atoms with Crippen LogP contribution in [0.1, 0.15) is 5.56 Å². The van der Waals surface area contributed by atoms with Gasteiger partial charge in [-0.25, -0.2) is 4.79 Å². The van der Waals surface area contributed by atoms with Gasteiger partial charge in [0.2, 0.25) is 0 Å². The van der Waals surface area contributed by atoms with E-state index in [0.29, 0.717) is 4.91 Å². The highest BCUT2D eigenvalue weighted by atomic mass is 32.2. The lowest BCUT2D eigenvalue weighted by molar-refractivity contribution is -0.131. The summed E-state index contributed by atoms with van der Waals surface area (Å²) in [6, 6.07) is 17.8. The molecule has 2 aromatic rings. The lowest BCUT2D eigenvalue weighted by atomic mass is 10.2. The number of carbonyl (C=O) groups is 1. The molecule has 0 aliphatic rings. The molecule has 0 atom stereocenters. The van der Waals surface area contributed by atoms with Crippen molar-refractivity contribution in [2.45, 2.75) is 24.5 Å². The predicted octanol–water partition coefficient (Wildman–Crippen LogP) is 4.45. The summed E-state index contributed by atoms with van der Waals surface area (Å²) in [4.78, 5) is 12.7. The summed E-state index contributed by atoms with van der Waals surface area (Å²) >= 11 is 1.29. The molecular formula is C18H20O2SSi. The van der Waals surface area contributed by atoms with Crippen LogP contribution in [-0.2, 0) is 4.79 Å². The Morgan fingerprint density at radius 2 is 1.59 bits per heavy atom. The number of rotatable bonds is 5. The Morgan fingerprint density at radius 3 is 2.09 bits per heavy atom. The number of hydrogen-bond acceptors (Lipinski definition) is 2. The van der Waals surface area contributed by atoms with Crippen LogP contribution in [0.4, 0.5) is 0 Å². The van der Waals surface area contributed by atoms with Gasteiger partial charge in [0.25, 0.3) is 0 Å². The van der Waals surface area contributed by atoms with Crippen molar-refractivity contribution in [3.05, 3.63) is 65.1 Å². The molecule has 0 amide bonds. The molecular weight excluding hydrogens is 308 g/mol. The van der Waals surface area contributed by atoms with Crippen LogP contribution in [0, 0.1) is 0 Å². The number of hydrogen-bond donors (Lipinski definition) is 1. The number of thioether (sulfide) groups is 1. The highest BCUT2D eigenvalue weighted by molar-refractivity contribution is 8.04.